The Kier molecular flexibility index (Phi) is 6.12. The van der Waals surface area contributed by atoms with E-state index in [4.69, 9.17) is 16.3 Å². The molecule has 1 N–H and O–H groups in total. The molecule has 0 atom stereocenters. The molecule has 2 aromatic rings. The molecule has 1 heterocycles. The lowest BCUT2D eigenvalue weighted by Gasteiger charge is -2.14. The third-order valence-corrected chi connectivity index (χ3v) is 4.32. The van der Waals surface area contributed by atoms with Crippen LogP contribution in [0.5, 0.6) is 5.75 Å². The number of hydrogen-bond acceptors (Lipinski definition) is 3. The molecule has 3 nitrogen and oxygen atoms in total. The van der Waals surface area contributed by atoms with E-state index in [0.717, 1.165) is 10.4 Å². The summed E-state index contributed by atoms with van der Waals surface area (Å²) < 4.78 is 42.4. The number of anilines is 1. The lowest BCUT2D eigenvalue weighted by molar-refractivity contribution is -0.153. The van der Waals surface area contributed by atoms with Crippen molar-refractivity contribution in [3.05, 3.63) is 45.1 Å². The Hall–Kier alpha value is -1.73. The van der Waals surface area contributed by atoms with E-state index < -0.39 is 12.8 Å². The highest BCUT2D eigenvalue weighted by molar-refractivity contribution is 7.16. The molecular formula is C16H15ClF3NO2S. The van der Waals surface area contributed by atoms with Gasteiger partial charge in [-0.2, -0.15) is 13.2 Å². The first-order chi connectivity index (χ1) is 11.2. The normalized spacial score (nSPS) is 11.4. The number of benzene rings is 1. The van der Waals surface area contributed by atoms with Crippen LogP contribution in [-0.2, 0) is 11.2 Å². The fourth-order valence-electron chi connectivity index (χ4n) is 1.95. The van der Waals surface area contributed by atoms with E-state index in [0.29, 0.717) is 10.8 Å². The van der Waals surface area contributed by atoms with Crippen molar-refractivity contribution in [3.8, 4) is 5.75 Å². The third-order valence-electron chi connectivity index (χ3n) is 3.03. The first-order valence-corrected chi connectivity index (χ1v) is 8.26. The van der Waals surface area contributed by atoms with Gasteiger partial charge in [-0.05, 0) is 43.2 Å². The summed E-state index contributed by atoms with van der Waals surface area (Å²) >= 11 is 7.21. The van der Waals surface area contributed by atoms with E-state index in [9.17, 15) is 18.0 Å². The van der Waals surface area contributed by atoms with Crippen molar-refractivity contribution in [2.24, 2.45) is 0 Å². The Morgan fingerprint density at radius 1 is 1.29 bits per heavy atom. The summed E-state index contributed by atoms with van der Waals surface area (Å²) in [5.74, 6) is -0.305. The molecule has 1 aromatic carbocycles. The Balaban J connectivity index is 1.98. The van der Waals surface area contributed by atoms with Crippen LogP contribution in [-0.4, -0.2) is 18.7 Å². The first kappa shape index (κ1) is 18.6. The van der Waals surface area contributed by atoms with E-state index in [2.05, 4.69) is 5.32 Å². The summed E-state index contributed by atoms with van der Waals surface area (Å²) in [5.41, 5.74) is 0.956. The molecule has 0 aliphatic heterocycles. The highest BCUT2D eigenvalue weighted by Gasteiger charge is 2.29. The topological polar surface area (TPSA) is 38.3 Å². The number of nitrogens with one attached hydrogen (secondary N) is 1. The van der Waals surface area contributed by atoms with Gasteiger partial charge in [0.2, 0.25) is 5.91 Å². The Bertz CT molecular complexity index is 716. The number of carbonyl (C=O) groups is 1. The molecule has 8 heteroatoms. The van der Waals surface area contributed by atoms with E-state index in [1.54, 1.807) is 19.1 Å². The predicted molar refractivity (Wildman–Crippen MR) is 89.0 cm³/mol. The van der Waals surface area contributed by atoms with Crippen molar-refractivity contribution in [1.29, 1.82) is 0 Å². The van der Waals surface area contributed by atoms with Crippen molar-refractivity contribution in [3.63, 3.8) is 0 Å². The average molecular weight is 378 g/mol. The summed E-state index contributed by atoms with van der Waals surface area (Å²) in [6, 6.07) is 8.27. The maximum atomic E-state index is 12.3. The van der Waals surface area contributed by atoms with Gasteiger partial charge in [-0.1, -0.05) is 17.7 Å². The molecule has 1 amide bonds. The maximum absolute atomic E-state index is 12.3. The van der Waals surface area contributed by atoms with Gasteiger partial charge in [0.1, 0.15) is 5.75 Å². The molecule has 0 saturated carbocycles. The van der Waals surface area contributed by atoms with Crippen molar-refractivity contribution in [1.82, 2.24) is 0 Å². The number of alkyl halides is 3. The number of thiophene rings is 1. The number of amides is 1. The highest BCUT2D eigenvalue weighted by Crippen LogP contribution is 2.28. The molecular weight excluding hydrogens is 363 g/mol. The molecule has 2 rings (SSSR count). The summed E-state index contributed by atoms with van der Waals surface area (Å²) in [6.45, 7) is 0.319. The van der Waals surface area contributed by atoms with Gasteiger partial charge in [0.15, 0.2) is 6.61 Å². The Morgan fingerprint density at radius 3 is 2.67 bits per heavy atom. The van der Waals surface area contributed by atoms with Gasteiger partial charge >= 0.3 is 6.18 Å². The molecule has 0 spiro atoms. The quantitative estimate of drug-likeness (QED) is 0.749. The second kappa shape index (κ2) is 7.90. The van der Waals surface area contributed by atoms with Crippen molar-refractivity contribution in [2.45, 2.75) is 25.9 Å². The van der Waals surface area contributed by atoms with Crippen LogP contribution in [0.2, 0.25) is 4.34 Å². The molecule has 0 fully saturated rings. The first-order valence-electron chi connectivity index (χ1n) is 7.07. The van der Waals surface area contributed by atoms with Crippen molar-refractivity contribution < 1.29 is 22.7 Å². The van der Waals surface area contributed by atoms with Crippen LogP contribution < -0.4 is 10.1 Å². The van der Waals surface area contributed by atoms with E-state index in [1.165, 1.54) is 23.5 Å². The minimum Gasteiger partial charge on any atom is -0.482 e. The zero-order valence-corrected chi connectivity index (χ0v) is 14.3. The number of ether oxygens (including phenoxy) is 1. The predicted octanol–water partition coefficient (Wildman–Crippen LogP) is 5.22. The standard InChI is InChI=1S/C16H15ClF3NO2S/c1-10-2-5-12(13(8-10)23-9-16(18,19)20)21-15(22)7-4-11-3-6-14(17)24-11/h2-3,5-6,8H,4,7,9H2,1H3,(H,21,22). The van der Waals surface area contributed by atoms with E-state index in [1.807, 2.05) is 6.07 Å². The zero-order valence-electron chi connectivity index (χ0n) is 12.7. The number of carbonyl (C=O) groups excluding carboxylic acids is 1. The van der Waals surface area contributed by atoms with Crippen molar-refractivity contribution in [2.75, 3.05) is 11.9 Å². The van der Waals surface area contributed by atoms with Gasteiger partial charge in [-0.15, -0.1) is 11.3 Å². The molecule has 24 heavy (non-hydrogen) atoms. The van der Waals surface area contributed by atoms with Gasteiger partial charge in [0.25, 0.3) is 0 Å². The van der Waals surface area contributed by atoms with Crippen LogP contribution in [0.3, 0.4) is 0 Å². The average Bonchev–Trinajstić information content (AvgIpc) is 2.90. The Morgan fingerprint density at radius 2 is 2.04 bits per heavy atom. The summed E-state index contributed by atoms with van der Waals surface area (Å²) in [5, 5.41) is 2.59. The minimum absolute atomic E-state index is 0.000145. The Labute approximate surface area is 146 Å². The van der Waals surface area contributed by atoms with Crippen LogP contribution in [0.15, 0.2) is 30.3 Å². The fraction of sp³-hybridized carbons (Fsp3) is 0.312. The van der Waals surface area contributed by atoms with E-state index in [-0.39, 0.29) is 23.8 Å². The molecule has 0 aliphatic rings. The van der Waals surface area contributed by atoms with Crippen LogP contribution in [0.4, 0.5) is 18.9 Å². The maximum Gasteiger partial charge on any atom is 0.422 e. The SMILES string of the molecule is Cc1ccc(NC(=O)CCc2ccc(Cl)s2)c(OCC(F)(F)F)c1. The fourth-order valence-corrected chi connectivity index (χ4v) is 3.03. The molecule has 0 saturated heterocycles. The smallest absolute Gasteiger partial charge is 0.422 e. The molecule has 1 aromatic heterocycles. The number of rotatable bonds is 6. The highest BCUT2D eigenvalue weighted by atomic mass is 35.5. The summed E-state index contributed by atoms with van der Waals surface area (Å²) in [4.78, 5) is 13.0. The zero-order chi connectivity index (χ0) is 17.7. The largest absolute Gasteiger partial charge is 0.482 e. The van der Waals surface area contributed by atoms with Gasteiger partial charge in [-0.3, -0.25) is 4.79 Å². The lowest BCUT2D eigenvalue weighted by atomic mass is 10.2. The number of hydrogen-bond donors (Lipinski definition) is 1. The van der Waals surface area contributed by atoms with Crippen LogP contribution in [0, 0.1) is 6.92 Å². The van der Waals surface area contributed by atoms with Crippen molar-refractivity contribution >= 4 is 34.5 Å². The molecule has 130 valence electrons. The van der Waals surface area contributed by atoms with E-state index >= 15 is 0 Å². The van der Waals surface area contributed by atoms with Gasteiger partial charge in [-0.25, -0.2) is 0 Å². The molecule has 0 bridgehead atoms. The van der Waals surface area contributed by atoms with Crippen LogP contribution >= 0.6 is 22.9 Å². The van der Waals surface area contributed by atoms with Crippen LogP contribution in [0.1, 0.15) is 16.9 Å². The molecule has 0 aliphatic carbocycles. The molecule has 0 unspecified atom stereocenters. The number of aryl methyl sites for hydroxylation is 2. The monoisotopic (exact) mass is 377 g/mol. The third kappa shape index (κ3) is 6.05. The van der Waals surface area contributed by atoms with Gasteiger partial charge < -0.3 is 10.1 Å². The second-order valence-electron chi connectivity index (χ2n) is 5.16. The van der Waals surface area contributed by atoms with Gasteiger partial charge in [0, 0.05) is 11.3 Å². The minimum atomic E-state index is -4.44. The van der Waals surface area contributed by atoms with Crippen LogP contribution in [0.25, 0.3) is 0 Å². The molecule has 0 radical (unpaired) electrons. The number of halogens is 4. The summed E-state index contributed by atoms with van der Waals surface area (Å²) in [7, 11) is 0. The summed E-state index contributed by atoms with van der Waals surface area (Å²) in [6.07, 6.45) is -3.74. The lowest BCUT2D eigenvalue weighted by Crippen LogP contribution is -2.20. The second-order valence-corrected chi connectivity index (χ2v) is 6.96. The van der Waals surface area contributed by atoms with Gasteiger partial charge in [0.05, 0.1) is 10.0 Å².